The number of benzene rings is 1. The fourth-order valence-electron chi connectivity index (χ4n) is 1.53. The van der Waals surface area contributed by atoms with Crippen LogP contribution in [0.4, 0.5) is 0 Å². The van der Waals surface area contributed by atoms with Gasteiger partial charge in [-0.25, -0.2) is 0 Å². The number of carbonyl (C=O) groups is 2. The van der Waals surface area contributed by atoms with Crippen molar-refractivity contribution in [2.75, 3.05) is 0 Å². The zero-order valence-electron chi connectivity index (χ0n) is 11.7. The van der Waals surface area contributed by atoms with Gasteiger partial charge in [0.15, 0.2) is 6.10 Å². The average Bonchev–Trinajstić information content (AvgIpc) is 2.93. The number of hydrogen-bond acceptors (Lipinski definition) is 4. The van der Waals surface area contributed by atoms with Crippen LogP contribution in [0, 0.1) is 0 Å². The molecule has 1 unspecified atom stereocenters. The third kappa shape index (κ3) is 5.10. The number of ether oxygens (including phenoxy) is 1. The molecule has 2 rings (SSSR count). The van der Waals surface area contributed by atoms with Crippen LogP contribution in [0.5, 0.6) is 5.75 Å². The Morgan fingerprint density at radius 3 is 2.57 bits per heavy atom. The summed E-state index contributed by atoms with van der Waals surface area (Å²) in [6, 6.07) is 8.07. The van der Waals surface area contributed by atoms with Gasteiger partial charge in [0.05, 0.1) is 13.7 Å². The maximum atomic E-state index is 11.9. The maximum Gasteiger partial charge on any atom is 0.279 e. The number of carbonyl (C=O) groups excluding carboxylic acids is 2. The Bertz CT molecular complexity index is 739. The second-order valence-corrected chi connectivity index (χ2v) is 7.69. The Morgan fingerprint density at radius 1 is 1.22 bits per heavy atom. The van der Waals surface area contributed by atoms with Crippen LogP contribution >= 0.6 is 50.5 Å². The van der Waals surface area contributed by atoms with Gasteiger partial charge in [-0.1, -0.05) is 23.2 Å². The molecule has 0 aliphatic rings. The summed E-state index contributed by atoms with van der Waals surface area (Å²) in [5.41, 5.74) is 4.62. The van der Waals surface area contributed by atoms with Crippen molar-refractivity contribution in [3.8, 4) is 5.75 Å². The molecule has 23 heavy (non-hydrogen) atoms. The zero-order valence-corrected chi connectivity index (χ0v) is 15.6. The van der Waals surface area contributed by atoms with Crippen LogP contribution in [0.3, 0.4) is 0 Å². The predicted molar refractivity (Wildman–Crippen MR) is 94.2 cm³/mol. The Balaban J connectivity index is 1.88. The minimum Gasteiger partial charge on any atom is -0.479 e. The smallest absolute Gasteiger partial charge is 0.279 e. The van der Waals surface area contributed by atoms with Crippen LogP contribution in [0.1, 0.15) is 16.6 Å². The third-order valence-corrected chi connectivity index (χ3v) is 4.82. The molecule has 1 atom stereocenters. The molecule has 0 fully saturated rings. The molecule has 0 saturated heterocycles. The van der Waals surface area contributed by atoms with E-state index in [0.717, 1.165) is 3.79 Å². The normalized spacial score (nSPS) is 11.7. The lowest BCUT2D eigenvalue weighted by molar-refractivity contribution is -0.128. The molecule has 0 saturated carbocycles. The lowest BCUT2D eigenvalue weighted by Crippen LogP contribution is -2.47. The molecule has 9 heteroatoms. The molecule has 0 aliphatic heterocycles. The first kappa shape index (κ1) is 18.1. The van der Waals surface area contributed by atoms with Crippen molar-refractivity contribution in [3.05, 3.63) is 49.0 Å². The van der Waals surface area contributed by atoms with Gasteiger partial charge in [-0.2, -0.15) is 0 Å². The van der Waals surface area contributed by atoms with E-state index in [-0.39, 0.29) is 0 Å². The van der Waals surface area contributed by atoms with E-state index in [2.05, 4.69) is 26.8 Å². The second kappa shape index (κ2) is 8.01. The highest BCUT2D eigenvalue weighted by Gasteiger charge is 2.17. The Kier molecular flexibility index (Phi) is 6.29. The van der Waals surface area contributed by atoms with Crippen LogP contribution in [-0.2, 0) is 4.79 Å². The molecule has 0 radical (unpaired) electrons. The standard InChI is InChI=1S/C14H11BrCl2N2O3S/c1-7(22-10-3-2-8(16)6-9(10)17)13(20)18-19-14(21)11-4-5-12(15)23-11/h2-7H,1H3,(H,18,20)(H,19,21). The lowest BCUT2D eigenvalue weighted by Gasteiger charge is -2.15. The van der Waals surface area contributed by atoms with Crippen LogP contribution in [-0.4, -0.2) is 17.9 Å². The Morgan fingerprint density at radius 2 is 1.96 bits per heavy atom. The van der Waals surface area contributed by atoms with Gasteiger partial charge in [0.25, 0.3) is 11.8 Å². The van der Waals surface area contributed by atoms with Crippen molar-refractivity contribution in [3.63, 3.8) is 0 Å². The molecule has 2 N–H and O–H groups in total. The fraction of sp³-hybridized carbons (Fsp3) is 0.143. The minimum absolute atomic E-state index is 0.296. The van der Waals surface area contributed by atoms with E-state index in [1.54, 1.807) is 24.3 Å². The quantitative estimate of drug-likeness (QED) is 0.709. The summed E-state index contributed by atoms with van der Waals surface area (Å²) >= 11 is 16.3. The summed E-state index contributed by atoms with van der Waals surface area (Å²) in [5.74, 6) is -0.599. The molecule has 2 aromatic rings. The molecular weight excluding hydrogens is 427 g/mol. The number of halogens is 3. The SMILES string of the molecule is CC(Oc1ccc(Cl)cc1Cl)C(=O)NNC(=O)c1ccc(Br)s1. The number of rotatable bonds is 4. The van der Waals surface area contributed by atoms with Gasteiger partial charge in [-0.05, 0) is 53.2 Å². The van der Waals surface area contributed by atoms with Gasteiger partial charge < -0.3 is 4.74 Å². The fourth-order valence-corrected chi connectivity index (χ4v) is 3.27. The first-order valence-corrected chi connectivity index (χ1v) is 8.70. The summed E-state index contributed by atoms with van der Waals surface area (Å²) < 4.78 is 6.27. The number of amides is 2. The van der Waals surface area contributed by atoms with Crippen molar-refractivity contribution < 1.29 is 14.3 Å². The monoisotopic (exact) mass is 436 g/mol. The molecule has 1 aromatic heterocycles. The largest absolute Gasteiger partial charge is 0.479 e. The van der Waals surface area contributed by atoms with Gasteiger partial charge in [0, 0.05) is 5.02 Å². The maximum absolute atomic E-state index is 11.9. The first-order chi connectivity index (χ1) is 10.9. The van der Waals surface area contributed by atoms with Crippen molar-refractivity contribution in [2.24, 2.45) is 0 Å². The van der Waals surface area contributed by atoms with Gasteiger partial charge in [-0.15, -0.1) is 11.3 Å². The van der Waals surface area contributed by atoms with Gasteiger partial charge in [0.2, 0.25) is 0 Å². The summed E-state index contributed by atoms with van der Waals surface area (Å²) in [5, 5.41) is 0.762. The van der Waals surface area contributed by atoms with Crippen LogP contribution in [0.2, 0.25) is 10.0 Å². The number of thiophene rings is 1. The van der Waals surface area contributed by atoms with Gasteiger partial charge in [-0.3, -0.25) is 20.4 Å². The third-order valence-electron chi connectivity index (χ3n) is 2.66. The van der Waals surface area contributed by atoms with Crippen molar-refractivity contribution in [2.45, 2.75) is 13.0 Å². The summed E-state index contributed by atoms with van der Waals surface area (Å²) in [6.45, 7) is 1.54. The topological polar surface area (TPSA) is 67.4 Å². The van der Waals surface area contributed by atoms with E-state index in [4.69, 9.17) is 27.9 Å². The number of hydrogen-bond donors (Lipinski definition) is 2. The molecule has 122 valence electrons. The molecule has 0 aliphatic carbocycles. The number of hydrazine groups is 1. The van der Waals surface area contributed by atoms with Crippen LogP contribution in [0.15, 0.2) is 34.1 Å². The molecule has 0 spiro atoms. The van der Waals surface area contributed by atoms with Gasteiger partial charge in [0.1, 0.15) is 5.75 Å². The molecule has 1 aromatic carbocycles. The minimum atomic E-state index is -0.857. The van der Waals surface area contributed by atoms with Crippen molar-refractivity contribution in [1.82, 2.24) is 10.9 Å². The number of nitrogens with one attached hydrogen (secondary N) is 2. The predicted octanol–water partition coefficient (Wildman–Crippen LogP) is 4.05. The molecule has 1 heterocycles. The first-order valence-electron chi connectivity index (χ1n) is 6.34. The molecule has 2 amide bonds. The van der Waals surface area contributed by atoms with E-state index >= 15 is 0 Å². The Hall–Kier alpha value is -1.28. The van der Waals surface area contributed by atoms with Gasteiger partial charge >= 0.3 is 0 Å². The second-order valence-electron chi connectivity index (χ2n) is 4.38. The zero-order chi connectivity index (χ0) is 17.0. The highest BCUT2D eigenvalue weighted by atomic mass is 79.9. The molecule has 5 nitrogen and oxygen atoms in total. The van der Waals surface area contributed by atoms with E-state index in [0.29, 0.717) is 20.7 Å². The molecular formula is C14H11BrCl2N2O3S. The molecule has 0 bridgehead atoms. The summed E-state index contributed by atoms with van der Waals surface area (Å²) in [6.07, 6.45) is -0.857. The van der Waals surface area contributed by atoms with Crippen LogP contribution < -0.4 is 15.6 Å². The van der Waals surface area contributed by atoms with E-state index in [1.807, 2.05) is 0 Å². The van der Waals surface area contributed by atoms with E-state index in [9.17, 15) is 9.59 Å². The highest BCUT2D eigenvalue weighted by Crippen LogP contribution is 2.28. The summed E-state index contributed by atoms with van der Waals surface area (Å²) in [4.78, 5) is 24.2. The average molecular weight is 438 g/mol. The lowest BCUT2D eigenvalue weighted by atomic mass is 10.3. The van der Waals surface area contributed by atoms with Crippen molar-refractivity contribution in [1.29, 1.82) is 0 Å². The van der Waals surface area contributed by atoms with E-state index < -0.39 is 17.9 Å². The van der Waals surface area contributed by atoms with Crippen LogP contribution in [0.25, 0.3) is 0 Å². The summed E-state index contributed by atoms with van der Waals surface area (Å²) in [7, 11) is 0. The van der Waals surface area contributed by atoms with E-state index in [1.165, 1.54) is 24.3 Å². The Labute approximate surface area is 155 Å². The van der Waals surface area contributed by atoms with Crippen molar-refractivity contribution >= 4 is 62.3 Å². The highest BCUT2D eigenvalue weighted by molar-refractivity contribution is 9.11.